The van der Waals surface area contributed by atoms with Crippen molar-refractivity contribution in [2.45, 2.75) is 0 Å². The maximum absolute atomic E-state index is 12.2. The van der Waals surface area contributed by atoms with Gasteiger partial charge in [-0.05, 0) is 50.1 Å². The number of ether oxygens (including phenoxy) is 1. The van der Waals surface area contributed by atoms with E-state index in [1.165, 1.54) is 18.4 Å². The van der Waals surface area contributed by atoms with Gasteiger partial charge in [-0.1, -0.05) is 12.1 Å². The van der Waals surface area contributed by atoms with Gasteiger partial charge < -0.3 is 10.1 Å². The van der Waals surface area contributed by atoms with Crippen molar-refractivity contribution in [1.29, 1.82) is 0 Å². The Kier molecular flexibility index (Phi) is 4.95. The Hall–Kier alpha value is -1.18. The fraction of sp³-hybridized carbons (Fsp3) is 0.0769. The largest absolute Gasteiger partial charge is 0.465 e. The highest BCUT2D eigenvalue weighted by Crippen LogP contribution is 2.35. The molecule has 20 heavy (non-hydrogen) atoms. The van der Waals surface area contributed by atoms with Gasteiger partial charge in [0.2, 0.25) is 0 Å². The van der Waals surface area contributed by atoms with E-state index in [1.807, 2.05) is 0 Å². The van der Waals surface area contributed by atoms with Gasteiger partial charge in [-0.15, -0.1) is 11.3 Å². The highest BCUT2D eigenvalue weighted by atomic mass is 79.9. The van der Waals surface area contributed by atoms with Crippen LogP contribution >= 0.6 is 43.2 Å². The first-order valence-corrected chi connectivity index (χ1v) is 7.86. The lowest BCUT2D eigenvalue weighted by Crippen LogP contribution is -2.16. The second-order valence-electron chi connectivity index (χ2n) is 3.72. The number of carbonyl (C=O) groups excluding carboxylic acids is 2. The van der Waals surface area contributed by atoms with Crippen LogP contribution in [-0.2, 0) is 4.74 Å². The quantitative estimate of drug-likeness (QED) is 0.755. The maximum atomic E-state index is 12.2. The summed E-state index contributed by atoms with van der Waals surface area (Å²) in [7, 11) is 1.28. The van der Waals surface area contributed by atoms with Gasteiger partial charge in [-0.2, -0.15) is 0 Å². The minimum absolute atomic E-state index is 0.238. The highest BCUT2D eigenvalue weighted by Gasteiger charge is 2.18. The Bertz CT molecular complexity index is 650. The fourth-order valence-electron chi connectivity index (χ4n) is 1.56. The molecule has 7 heteroatoms. The van der Waals surface area contributed by atoms with Crippen molar-refractivity contribution in [3.05, 3.63) is 49.7 Å². The van der Waals surface area contributed by atoms with Crippen LogP contribution in [0.4, 0.5) is 5.00 Å². The van der Waals surface area contributed by atoms with Crippen molar-refractivity contribution in [3.8, 4) is 0 Å². The SMILES string of the molecule is COC(=O)c1ccccc1C(=O)Nc1cc(Br)c(Br)s1. The topological polar surface area (TPSA) is 55.4 Å². The zero-order valence-corrected chi connectivity index (χ0v) is 14.3. The number of methoxy groups -OCH3 is 1. The van der Waals surface area contributed by atoms with Crippen molar-refractivity contribution < 1.29 is 14.3 Å². The minimum Gasteiger partial charge on any atom is -0.465 e. The minimum atomic E-state index is -0.538. The lowest BCUT2D eigenvalue weighted by Gasteiger charge is -2.07. The maximum Gasteiger partial charge on any atom is 0.338 e. The van der Waals surface area contributed by atoms with Crippen molar-refractivity contribution >= 4 is 60.1 Å². The molecule has 0 saturated carbocycles. The van der Waals surface area contributed by atoms with Crippen LogP contribution < -0.4 is 5.32 Å². The van der Waals surface area contributed by atoms with Crippen LogP contribution in [0.3, 0.4) is 0 Å². The molecule has 0 aliphatic rings. The van der Waals surface area contributed by atoms with Crippen LogP contribution in [0.15, 0.2) is 38.6 Å². The molecule has 1 amide bonds. The molecule has 0 atom stereocenters. The van der Waals surface area contributed by atoms with Gasteiger partial charge in [0.1, 0.15) is 0 Å². The summed E-state index contributed by atoms with van der Waals surface area (Å²) < 4.78 is 6.41. The van der Waals surface area contributed by atoms with E-state index in [1.54, 1.807) is 30.3 Å². The molecule has 0 aliphatic carbocycles. The Morgan fingerprint density at radius 2 is 1.85 bits per heavy atom. The van der Waals surface area contributed by atoms with Crippen LogP contribution in [0.25, 0.3) is 0 Å². The van der Waals surface area contributed by atoms with E-state index >= 15 is 0 Å². The average Bonchev–Trinajstić information content (AvgIpc) is 2.76. The number of nitrogens with one attached hydrogen (secondary N) is 1. The van der Waals surface area contributed by atoms with E-state index in [4.69, 9.17) is 0 Å². The molecule has 1 N–H and O–H groups in total. The summed E-state index contributed by atoms with van der Waals surface area (Å²) >= 11 is 8.09. The number of carbonyl (C=O) groups is 2. The summed E-state index contributed by atoms with van der Waals surface area (Å²) in [5.41, 5.74) is 0.516. The molecule has 0 radical (unpaired) electrons. The van der Waals surface area contributed by atoms with Crippen molar-refractivity contribution in [2.75, 3.05) is 12.4 Å². The van der Waals surface area contributed by atoms with E-state index in [0.29, 0.717) is 5.00 Å². The standard InChI is InChI=1S/C13H9Br2NO3S/c1-19-13(18)8-5-3-2-4-7(8)12(17)16-10-6-9(14)11(15)20-10/h2-6H,1H3,(H,16,17). The van der Waals surface area contributed by atoms with Crippen LogP contribution in [0.1, 0.15) is 20.7 Å². The summed E-state index contributed by atoms with van der Waals surface area (Å²) in [5, 5.41) is 3.43. The first-order chi connectivity index (χ1) is 9.52. The molecule has 2 aromatic rings. The summed E-state index contributed by atoms with van der Waals surface area (Å²) in [4.78, 5) is 23.9. The second kappa shape index (κ2) is 6.51. The summed E-state index contributed by atoms with van der Waals surface area (Å²) in [6, 6.07) is 8.30. The van der Waals surface area contributed by atoms with Gasteiger partial charge in [0, 0.05) is 4.47 Å². The molecule has 104 valence electrons. The molecule has 0 unspecified atom stereocenters. The lowest BCUT2D eigenvalue weighted by atomic mass is 10.1. The smallest absolute Gasteiger partial charge is 0.338 e. The lowest BCUT2D eigenvalue weighted by molar-refractivity contribution is 0.0597. The molecule has 0 bridgehead atoms. The van der Waals surface area contributed by atoms with Gasteiger partial charge in [0.05, 0.1) is 27.0 Å². The Balaban J connectivity index is 2.27. The first-order valence-electron chi connectivity index (χ1n) is 5.46. The third-order valence-electron chi connectivity index (χ3n) is 2.46. The summed E-state index contributed by atoms with van der Waals surface area (Å²) in [6.07, 6.45) is 0. The predicted octanol–water partition coefficient (Wildman–Crippen LogP) is 4.31. The number of hydrogen-bond donors (Lipinski definition) is 1. The van der Waals surface area contributed by atoms with E-state index in [0.717, 1.165) is 8.26 Å². The van der Waals surface area contributed by atoms with Gasteiger partial charge in [0.25, 0.3) is 5.91 Å². The van der Waals surface area contributed by atoms with Crippen LogP contribution in [0, 0.1) is 0 Å². The van der Waals surface area contributed by atoms with Crippen LogP contribution in [-0.4, -0.2) is 19.0 Å². The van der Waals surface area contributed by atoms with Crippen molar-refractivity contribution in [3.63, 3.8) is 0 Å². The van der Waals surface area contributed by atoms with Gasteiger partial charge >= 0.3 is 5.97 Å². The Morgan fingerprint density at radius 1 is 1.20 bits per heavy atom. The molecule has 2 rings (SSSR count). The zero-order valence-electron chi connectivity index (χ0n) is 10.3. The fourth-order valence-corrected chi connectivity index (χ4v) is 3.49. The first kappa shape index (κ1) is 15.2. The van der Waals surface area contributed by atoms with Crippen molar-refractivity contribution in [1.82, 2.24) is 0 Å². The molecule has 0 fully saturated rings. The molecular weight excluding hydrogens is 410 g/mol. The molecule has 1 heterocycles. The molecule has 1 aromatic carbocycles. The number of halogens is 2. The monoisotopic (exact) mass is 417 g/mol. The molecule has 4 nitrogen and oxygen atoms in total. The molecule has 0 saturated heterocycles. The number of hydrogen-bond acceptors (Lipinski definition) is 4. The number of anilines is 1. The van der Waals surface area contributed by atoms with Gasteiger partial charge in [0.15, 0.2) is 0 Å². The molecule has 0 aliphatic heterocycles. The number of benzene rings is 1. The third-order valence-corrected chi connectivity index (χ3v) is 5.63. The normalized spacial score (nSPS) is 10.2. The predicted molar refractivity (Wildman–Crippen MR) is 85.5 cm³/mol. The molecular formula is C13H9Br2NO3S. The summed E-state index contributed by atoms with van der Waals surface area (Å²) in [6.45, 7) is 0. The van der Waals surface area contributed by atoms with Gasteiger partial charge in [-0.3, -0.25) is 4.79 Å². The average molecular weight is 419 g/mol. The van der Waals surface area contributed by atoms with E-state index in [-0.39, 0.29) is 17.0 Å². The molecule has 1 aromatic heterocycles. The second-order valence-corrected chi connectivity index (χ2v) is 6.95. The number of amides is 1. The highest BCUT2D eigenvalue weighted by molar-refractivity contribution is 9.13. The van der Waals surface area contributed by atoms with Gasteiger partial charge in [-0.25, -0.2) is 4.79 Å². The number of thiophene rings is 1. The van der Waals surface area contributed by atoms with E-state index in [9.17, 15) is 9.59 Å². The number of rotatable bonds is 3. The van der Waals surface area contributed by atoms with Crippen molar-refractivity contribution in [2.24, 2.45) is 0 Å². The van der Waals surface area contributed by atoms with E-state index < -0.39 is 5.97 Å². The number of esters is 1. The van der Waals surface area contributed by atoms with E-state index in [2.05, 4.69) is 41.9 Å². The third kappa shape index (κ3) is 3.28. The van der Waals surface area contributed by atoms with Crippen LogP contribution in [0.5, 0.6) is 0 Å². The Labute approximate surface area is 136 Å². The zero-order chi connectivity index (χ0) is 14.7. The summed E-state index contributed by atoms with van der Waals surface area (Å²) in [5.74, 6) is -0.892. The molecule has 0 spiro atoms. The van der Waals surface area contributed by atoms with Crippen LogP contribution in [0.2, 0.25) is 0 Å². The Morgan fingerprint density at radius 3 is 2.40 bits per heavy atom.